The molecule has 2 aliphatic rings. The van der Waals surface area contributed by atoms with Crippen LogP contribution in [0.2, 0.25) is 0 Å². The van der Waals surface area contributed by atoms with Gasteiger partial charge in [-0.1, -0.05) is 25.1 Å². The molecule has 30 heavy (non-hydrogen) atoms. The Morgan fingerprint density at radius 1 is 1.13 bits per heavy atom. The number of hydrogen-bond acceptors (Lipinski definition) is 5. The molecule has 0 radical (unpaired) electrons. The van der Waals surface area contributed by atoms with Gasteiger partial charge in [0.15, 0.2) is 0 Å². The van der Waals surface area contributed by atoms with E-state index < -0.39 is 10.0 Å². The Labute approximate surface area is 177 Å². The molecule has 7 nitrogen and oxygen atoms in total. The molecule has 2 atom stereocenters. The molecule has 1 saturated heterocycles. The van der Waals surface area contributed by atoms with Crippen molar-refractivity contribution in [1.29, 1.82) is 0 Å². The number of amides is 1. The van der Waals surface area contributed by atoms with E-state index in [4.69, 9.17) is 9.47 Å². The zero-order valence-electron chi connectivity index (χ0n) is 17.3. The highest BCUT2D eigenvalue weighted by Crippen LogP contribution is 2.40. The average molecular weight is 431 g/mol. The van der Waals surface area contributed by atoms with Crippen LogP contribution in [0.15, 0.2) is 41.3 Å². The summed E-state index contributed by atoms with van der Waals surface area (Å²) in [7, 11) is -3.66. The smallest absolute Gasteiger partial charge is 0.259 e. The van der Waals surface area contributed by atoms with Crippen LogP contribution < -0.4 is 10.1 Å². The minimum Gasteiger partial charge on any atom is -0.489 e. The maximum atomic E-state index is 13.1. The van der Waals surface area contributed by atoms with Crippen molar-refractivity contribution in [1.82, 2.24) is 4.31 Å². The molecule has 1 amide bonds. The molecule has 2 aliphatic heterocycles. The Balaban J connectivity index is 1.61. The van der Waals surface area contributed by atoms with E-state index in [2.05, 4.69) is 12.2 Å². The van der Waals surface area contributed by atoms with Crippen LogP contribution in [-0.2, 0) is 14.8 Å². The lowest BCUT2D eigenvalue weighted by Crippen LogP contribution is -2.40. The molecular weight excluding hydrogens is 404 g/mol. The minimum absolute atomic E-state index is 0.00130. The van der Waals surface area contributed by atoms with Gasteiger partial charge < -0.3 is 14.8 Å². The normalized spacial score (nSPS) is 21.7. The Bertz CT molecular complexity index is 1080. The molecule has 1 fully saturated rings. The highest BCUT2D eigenvalue weighted by molar-refractivity contribution is 7.89. The fraction of sp³-hybridized carbons (Fsp3) is 0.409. The predicted octanol–water partition coefficient (Wildman–Crippen LogP) is 3.15. The fourth-order valence-electron chi connectivity index (χ4n) is 3.84. The van der Waals surface area contributed by atoms with E-state index in [9.17, 15) is 13.2 Å². The van der Waals surface area contributed by atoms with E-state index in [-0.39, 0.29) is 22.8 Å². The number of rotatable bonds is 4. The monoisotopic (exact) mass is 430 g/mol. The van der Waals surface area contributed by atoms with Crippen molar-refractivity contribution in [2.45, 2.75) is 37.7 Å². The van der Waals surface area contributed by atoms with Crippen LogP contribution in [0.3, 0.4) is 0 Å². The lowest BCUT2D eigenvalue weighted by Gasteiger charge is -2.26. The molecule has 160 valence electrons. The Kier molecular flexibility index (Phi) is 5.57. The molecule has 2 aromatic rings. The lowest BCUT2D eigenvalue weighted by molar-refractivity contribution is 0.0730. The molecule has 0 saturated carbocycles. The molecule has 1 N–H and O–H groups in total. The van der Waals surface area contributed by atoms with Crippen LogP contribution in [-0.4, -0.2) is 51.0 Å². The molecule has 4 rings (SSSR count). The predicted molar refractivity (Wildman–Crippen MR) is 114 cm³/mol. The second kappa shape index (κ2) is 8.02. The second-order valence-electron chi connectivity index (χ2n) is 7.79. The maximum Gasteiger partial charge on any atom is 0.259 e. The van der Waals surface area contributed by atoms with Crippen LogP contribution in [0.25, 0.3) is 0 Å². The van der Waals surface area contributed by atoms with E-state index in [0.717, 1.165) is 5.56 Å². The fourth-order valence-corrected chi connectivity index (χ4v) is 5.50. The number of ether oxygens (including phenoxy) is 2. The molecule has 0 bridgehead atoms. The average Bonchev–Trinajstić information content (AvgIpc) is 3.04. The first kappa shape index (κ1) is 20.8. The number of benzene rings is 2. The molecule has 0 unspecified atom stereocenters. The van der Waals surface area contributed by atoms with Gasteiger partial charge in [-0.15, -0.1) is 0 Å². The van der Waals surface area contributed by atoms with Crippen LogP contribution in [0, 0.1) is 6.92 Å². The summed E-state index contributed by atoms with van der Waals surface area (Å²) in [4.78, 5) is 13.2. The first-order chi connectivity index (χ1) is 14.3. The topological polar surface area (TPSA) is 84.9 Å². The van der Waals surface area contributed by atoms with Gasteiger partial charge >= 0.3 is 0 Å². The van der Waals surface area contributed by atoms with Gasteiger partial charge in [-0.25, -0.2) is 8.42 Å². The summed E-state index contributed by atoms with van der Waals surface area (Å²) in [5, 5.41) is 2.83. The van der Waals surface area contributed by atoms with E-state index in [0.29, 0.717) is 48.9 Å². The molecule has 0 aliphatic carbocycles. The molecule has 2 aromatic carbocycles. The largest absolute Gasteiger partial charge is 0.489 e. The van der Waals surface area contributed by atoms with Crippen LogP contribution in [0.1, 0.15) is 41.3 Å². The standard InChI is InChI=1S/C22H26N2O5S/c1-14-7-8-17(13-20(14)30(26,27)24-9-11-28-12-10-24)23-22(25)19-6-4-5-18-15(2)16(3)29-21(18)19/h4-8,13,15-16H,9-12H2,1-3H3,(H,23,25)/t15-,16+/m0/s1. The summed E-state index contributed by atoms with van der Waals surface area (Å²) < 4.78 is 38.8. The maximum absolute atomic E-state index is 13.1. The van der Waals surface area contributed by atoms with Crippen molar-refractivity contribution in [3.05, 3.63) is 53.1 Å². The second-order valence-corrected chi connectivity index (χ2v) is 9.69. The van der Waals surface area contributed by atoms with E-state index in [1.165, 1.54) is 10.4 Å². The van der Waals surface area contributed by atoms with Gasteiger partial charge in [0.1, 0.15) is 11.9 Å². The van der Waals surface area contributed by atoms with Crippen molar-refractivity contribution >= 4 is 21.6 Å². The Morgan fingerprint density at radius 2 is 1.87 bits per heavy atom. The summed E-state index contributed by atoms with van der Waals surface area (Å²) in [6.07, 6.45) is -0.00130. The number of fused-ring (bicyclic) bond motifs is 1. The first-order valence-corrected chi connectivity index (χ1v) is 11.5. The molecular formula is C22H26N2O5S. The molecule has 0 aromatic heterocycles. The number of hydrogen-bond donors (Lipinski definition) is 1. The summed E-state index contributed by atoms with van der Waals surface area (Å²) >= 11 is 0. The van der Waals surface area contributed by atoms with E-state index in [1.54, 1.807) is 25.1 Å². The van der Waals surface area contributed by atoms with E-state index >= 15 is 0 Å². The number of sulfonamides is 1. The van der Waals surface area contributed by atoms with E-state index in [1.807, 2.05) is 19.1 Å². The van der Waals surface area contributed by atoms with Crippen molar-refractivity contribution in [3.63, 3.8) is 0 Å². The highest BCUT2D eigenvalue weighted by Gasteiger charge is 2.31. The van der Waals surface area contributed by atoms with Crippen molar-refractivity contribution < 1.29 is 22.7 Å². The van der Waals surface area contributed by atoms with Crippen molar-refractivity contribution in [2.75, 3.05) is 31.6 Å². The van der Waals surface area contributed by atoms with Crippen LogP contribution >= 0.6 is 0 Å². The van der Waals surface area contributed by atoms with Crippen molar-refractivity contribution in [2.24, 2.45) is 0 Å². The zero-order chi connectivity index (χ0) is 21.5. The number of para-hydroxylation sites is 1. The zero-order valence-corrected chi connectivity index (χ0v) is 18.2. The summed E-state index contributed by atoms with van der Waals surface area (Å²) in [5.41, 5.74) is 2.51. The number of aryl methyl sites for hydroxylation is 1. The van der Waals surface area contributed by atoms with Crippen molar-refractivity contribution in [3.8, 4) is 5.75 Å². The van der Waals surface area contributed by atoms with Gasteiger partial charge in [0, 0.05) is 30.3 Å². The Hall–Kier alpha value is -2.42. The van der Waals surface area contributed by atoms with Crippen LogP contribution in [0.4, 0.5) is 5.69 Å². The van der Waals surface area contributed by atoms with Gasteiger partial charge in [-0.2, -0.15) is 4.31 Å². The lowest BCUT2D eigenvalue weighted by atomic mass is 9.97. The highest BCUT2D eigenvalue weighted by atomic mass is 32.2. The number of nitrogens with one attached hydrogen (secondary N) is 1. The quantitative estimate of drug-likeness (QED) is 0.806. The summed E-state index contributed by atoms with van der Waals surface area (Å²) in [5.74, 6) is 0.479. The SMILES string of the molecule is Cc1ccc(NC(=O)c2cccc3c2O[C@H](C)[C@@H]3C)cc1S(=O)(=O)N1CCOCC1. The first-order valence-electron chi connectivity index (χ1n) is 10.1. The minimum atomic E-state index is -3.66. The van der Waals surface area contributed by atoms with Gasteiger partial charge in [0.25, 0.3) is 5.91 Å². The summed E-state index contributed by atoms with van der Waals surface area (Å²) in [6.45, 7) is 7.20. The van der Waals surface area contributed by atoms with Gasteiger partial charge in [-0.05, 0) is 37.6 Å². The number of carbonyl (C=O) groups excluding carboxylic acids is 1. The number of morpholine rings is 1. The third-order valence-electron chi connectivity index (χ3n) is 5.82. The molecule has 0 spiro atoms. The molecule has 8 heteroatoms. The number of anilines is 1. The van der Waals surface area contributed by atoms with Gasteiger partial charge in [-0.3, -0.25) is 4.79 Å². The Morgan fingerprint density at radius 3 is 2.60 bits per heavy atom. The van der Waals surface area contributed by atoms with Gasteiger partial charge in [0.05, 0.1) is 23.7 Å². The summed E-state index contributed by atoms with van der Waals surface area (Å²) in [6, 6.07) is 10.5. The van der Waals surface area contributed by atoms with Crippen LogP contribution in [0.5, 0.6) is 5.75 Å². The number of carbonyl (C=O) groups is 1. The number of nitrogens with zero attached hydrogens (tertiary/aromatic N) is 1. The third-order valence-corrected chi connectivity index (χ3v) is 7.86. The van der Waals surface area contributed by atoms with Gasteiger partial charge in [0.2, 0.25) is 10.0 Å². The third kappa shape index (κ3) is 3.71. The molecule has 2 heterocycles.